The molecule has 0 bridgehead atoms. The van der Waals surface area contributed by atoms with Gasteiger partial charge >= 0.3 is 5.97 Å². The molecule has 85 heavy (non-hydrogen) atoms. The number of aliphatic hydroxyl groups excluding tert-OH is 2. The van der Waals surface area contributed by atoms with Crippen LogP contribution in [0.5, 0.6) is 0 Å². The molecule has 0 aliphatic carbocycles. The van der Waals surface area contributed by atoms with E-state index in [1.807, 2.05) is 6.08 Å². The lowest BCUT2D eigenvalue weighted by Gasteiger charge is -2.20. The molecule has 0 rings (SSSR count). The minimum Gasteiger partial charge on any atom is -0.466 e. The molecule has 6 heteroatoms. The van der Waals surface area contributed by atoms with Crippen molar-refractivity contribution in [1.29, 1.82) is 0 Å². The number of carbonyl (C=O) groups excluding carboxylic acids is 2. The summed E-state index contributed by atoms with van der Waals surface area (Å²) in [6, 6.07) is -0.625. The quantitative estimate of drug-likeness (QED) is 0.0320. The maximum atomic E-state index is 12.5. The predicted molar refractivity (Wildman–Crippen MR) is 375 cm³/mol. The molecule has 0 aromatic heterocycles. The van der Waals surface area contributed by atoms with Gasteiger partial charge in [-0.05, 0) is 57.8 Å². The van der Waals surface area contributed by atoms with E-state index in [1.54, 1.807) is 6.08 Å². The Labute approximate surface area is 532 Å². The summed E-state index contributed by atoms with van der Waals surface area (Å²) >= 11 is 0. The highest BCUT2D eigenvalue weighted by Crippen LogP contribution is 2.20. The van der Waals surface area contributed by atoms with Gasteiger partial charge in [-0.2, -0.15) is 0 Å². The maximum absolute atomic E-state index is 12.5. The molecule has 0 saturated heterocycles. The smallest absolute Gasteiger partial charge is 0.305 e. The Bertz CT molecular complexity index is 1330. The molecule has 2 unspecified atom stereocenters. The third-order valence-corrected chi connectivity index (χ3v) is 18.5. The number of allylic oxidation sites excluding steroid dienone is 3. The lowest BCUT2D eigenvalue weighted by atomic mass is 10.0. The van der Waals surface area contributed by atoms with E-state index in [0.29, 0.717) is 19.4 Å². The molecule has 3 N–H and O–H groups in total. The summed E-state index contributed by atoms with van der Waals surface area (Å²) in [6.07, 6.45) is 95.8. The van der Waals surface area contributed by atoms with Gasteiger partial charge in [0.1, 0.15) is 0 Å². The Morgan fingerprint density at radius 1 is 0.318 bits per heavy atom. The zero-order chi connectivity index (χ0) is 61.3. The molecule has 504 valence electrons. The van der Waals surface area contributed by atoms with Gasteiger partial charge < -0.3 is 20.3 Å². The van der Waals surface area contributed by atoms with E-state index < -0.39 is 12.1 Å². The number of unbranched alkanes of at least 4 members (excludes halogenated alkanes) is 61. The van der Waals surface area contributed by atoms with E-state index in [9.17, 15) is 19.8 Å². The third kappa shape index (κ3) is 71.3. The molecule has 0 radical (unpaired) electrons. The SMILES string of the molecule is CCCCCCCC/C=C\CCCCCCCCCC(=O)OCCCCCCCCCCCCCCCCCCCCCCCCCCCCCCCCCC(=O)NC(CO)C(O)/C=C/CCCCCCCCCCCCCCCCCCCC. The van der Waals surface area contributed by atoms with Crippen LogP contribution in [0.1, 0.15) is 444 Å². The Morgan fingerprint density at radius 3 is 0.835 bits per heavy atom. The number of aliphatic hydroxyl groups is 2. The van der Waals surface area contributed by atoms with E-state index in [4.69, 9.17) is 4.74 Å². The van der Waals surface area contributed by atoms with E-state index in [1.165, 1.54) is 372 Å². The molecule has 0 aliphatic heterocycles. The second kappa shape index (κ2) is 74.8. The number of esters is 1. The fourth-order valence-electron chi connectivity index (χ4n) is 12.5. The van der Waals surface area contributed by atoms with Crippen molar-refractivity contribution in [3.8, 4) is 0 Å². The van der Waals surface area contributed by atoms with Crippen LogP contribution in [0, 0.1) is 0 Å². The van der Waals surface area contributed by atoms with E-state index in [2.05, 4.69) is 31.3 Å². The molecule has 0 aromatic rings. The van der Waals surface area contributed by atoms with Crippen molar-refractivity contribution in [1.82, 2.24) is 5.32 Å². The van der Waals surface area contributed by atoms with Crippen LogP contribution in [-0.4, -0.2) is 47.4 Å². The number of hydrogen-bond donors (Lipinski definition) is 3. The first kappa shape index (κ1) is 83.3. The van der Waals surface area contributed by atoms with Crippen LogP contribution >= 0.6 is 0 Å². The van der Waals surface area contributed by atoms with Crippen molar-refractivity contribution in [2.24, 2.45) is 0 Å². The van der Waals surface area contributed by atoms with Crippen molar-refractivity contribution in [3.05, 3.63) is 24.3 Å². The molecule has 2 atom stereocenters. The molecule has 0 saturated carbocycles. The summed E-state index contributed by atoms with van der Waals surface area (Å²) in [5.41, 5.74) is 0. The lowest BCUT2D eigenvalue weighted by Crippen LogP contribution is -2.45. The number of amides is 1. The predicted octanol–water partition coefficient (Wildman–Crippen LogP) is 25.7. The number of nitrogens with one attached hydrogen (secondary N) is 1. The van der Waals surface area contributed by atoms with Gasteiger partial charge in [0.05, 0.1) is 25.4 Å². The van der Waals surface area contributed by atoms with Gasteiger partial charge in [0, 0.05) is 12.8 Å². The van der Waals surface area contributed by atoms with Gasteiger partial charge in [-0.25, -0.2) is 0 Å². The van der Waals surface area contributed by atoms with Crippen molar-refractivity contribution >= 4 is 11.9 Å². The van der Waals surface area contributed by atoms with Crippen LogP contribution in [0.25, 0.3) is 0 Å². The third-order valence-electron chi connectivity index (χ3n) is 18.5. The minimum absolute atomic E-state index is 0.0180. The molecular formula is C79H153NO5. The number of rotatable bonds is 74. The van der Waals surface area contributed by atoms with Crippen LogP contribution in [0.4, 0.5) is 0 Å². The van der Waals surface area contributed by atoms with Gasteiger partial charge in [-0.1, -0.05) is 398 Å². The first-order valence-electron chi connectivity index (χ1n) is 39.1. The molecule has 0 heterocycles. The molecule has 0 aliphatic rings. The van der Waals surface area contributed by atoms with Crippen molar-refractivity contribution in [2.75, 3.05) is 13.2 Å². The molecule has 6 nitrogen and oxygen atoms in total. The monoisotopic (exact) mass is 1200 g/mol. The lowest BCUT2D eigenvalue weighted by molar-refractivity contribution is -0.143. The van der Waals surface area contributed by atoms with E-state index in [0.717, 1.165) is 44.9 Å². The molecule has 0 spiro atoms. The zero-order valence-electron chi connectivity index (χ0n) is 57.9. The normalized spacial score (nSPS) is 12.6. The maximum Gasteiger partial charge on any atom is 0.305 e. The largest absolute Gasteiger partial charge is 0.466 e. The first-order chi connectivity index (χ1) is 42.0. The topological polar surface area (TPSA) is 95.9 Å². The standard InChI is InChI=1S/C79H153NO5/c1-3-5-7-9-11-13-15-17-19-21-22-36-40-43-47-51-55-59-63-67-71-77(82)76(75-81)80-78(83)72-68-64-60-56-52-48-44-41-37-34-32-30-28-26-24-23-25-27-29-31-33-35-38-42-46-50-54-58-62-66-70-74-85-79(84)73-69-65-61-57-53-49-45-39-20-18-16-14-12-10-8-6-4-2/h18,20,67,71,76-77,81-82H,3-17,19,21-66,68-70,72-75H2,1-2H3,(H,80,83)/b20-18-,71-67+. The van der Waals surface area contributed by atoms with Crippen molar-refractivity contribution in [2.45, 2.75) is 456 Å². The molecule has 0 fully saturated rings. The van der Waals surface area contributed by atoms with Gasteiger partial charge in [0.15, 0.2) is 0 Å². The second-order valence-electron chi connectivity index (χ2n) is 27.0. The van der Waals surface area contributed by atoms with Crippen LogP contribution in [-0.2, 0) is 14.3 Å². The fourth-order valence-corrected chi connectivity index (χ4v) is 12.5. The summed E-state index contributed by atoms with van der Waals surface area (Å²) in [6.45, 7) is 4.95. The first-order valence-corrected chi connectivity index (χ1v) is 39.1. The van der Waals surface area contributed by atoms with Gasteiger partial charge in [-0.3, -0.25) is 9.59 Å². The summed E-state index contributed by atoms with van der Waals surface area (Å²) in [5, 5.41) is 23.3. The molecule has 1 amide bonds. The van der Waals surface area contributed by atoms with Crippen molar-refractivity contribution < 1.29 is 24.5 Å². The van der Waals surface area contributed by atoms with Crippen LogP contribution in [0.3, 0.4) is 0 Å². The van der Waals surface area contributed by atoms with Crippen LogP contribution in [0.2, 0.25) is 0 Å². The average Bonchev–Trinajstić information content (AvgIpc) is 3.51. The summed E-state index contributed by atoms with van der Waals surface area (Å²) in [4.78, 5) is 24.6. The highest BCUT2D eigenvalue weighted by atomic mass is 16.5. The number of hydrogen-bond acceptors (Lipinski definition) is 5. The Balaban J connectivity index is 3.34. The summed E-state index contributed by atoms with van der Waals surface area (Å²) in [7, 11) is 0. The fraction of sp³-hybridized carbons (Fsp3) is 0.924. The van der Waals surface area contributed by atoms with E-state index in [-0.39, 0.29) is 18.5 Å². The Kier molecular flexibility index (Phi) is 73.3. The Hall–Kier alpha value is -1.66. The number of carbonyl (C=O) groups is 2. The second-order valence-corrected chi connectivity index (χ2v) is 27.0. The van der Waals surface area contributed by atoms with Crippen LogP contribution < -0.4 is 5.32 Å². The summed E-state index contributed by atoms with van der Waals surface area (Å²) < 4.78 is 5.51. The minimum atomic E-state index is -0.842. The number of ether oxygens (including phenoxy) is 1. The van der Waals surface area contributed by atoms with Gasteiger partial charge in [0.25, 0.3) is 0 Å². The zero-order valence-corrected chi connectivity index (χ0v) is 57.9. The van der Waals surface area contributed by atoms with Crippen LogP contribution in [0.15, 0.2) is 24.3 Å². The van der Waals surface area contributed by atoms with E-state index >= 15 is 0 Å². The molecular weight excluding hydrogens is 1040 g/mol. The summed E-state index contributed by atoms with van der Waals surface area (Å²) in [5.74, 6) is -0.0412. The van der Waals surface area contributed by atoms with Crippen molar-refractivity contribution in [3.63, 3.8) is 0 Å². The highest BCUT2D eigenvalue weighted by Gasteiger charge is 2.18. The average molecular weight is 1200 g/mol. The Morgan fingerprint density at radius 2 is 0.553 bits per heavy atom. The van der Waals surface area contributed by atoms with Gasteiger partial charge in [0.2, 0.25) is 5.91 Å². The van der Waals surface area contributed by atoms with Gasteiger partial charge in [-0.15, -0.1) is 0 Å². The molecule has 0 aromatic carbocycles. The highest BCUT2D eigenvalue weighted by molar-refractivity contribution is 5.76.